The van der Waals surface area contributed by atoms with Crippen molar-refractivity contribution in [2.45, 2.75) is 13.8 Å². The maximum absolute atomic E-state index is 12.9. The molecule has 5 heterocycles. The van der Waals surface area contributed by atoms with E-state index in [0.717, 1.165) is 53.4 Å². The molecule has 28 heavy (non-hydrogen) atoms. The highest BCUT2D eigenvalue weighted by Crippen LogP contribution is 2.34. The first kappa shape index (κ1) is 17.3. The zero-order valence-corrected chi connectivity index (χ0v) is 16.6. The molecule has 2 aliphatic rings. The fourth-order valence-corrected chi connectivity index (χ4v) is 5.15. The van der Waals surface area contributed by atoms with Crippen molar-refractivity contribution >= 4 is 23.1 Å². The quantitative estimate of drug-likeness (QED) is 0.674. The molecule has 2 fully saturated rings. The molecular weight excluding hydrogens is 374 g/mol. The minimum atomic E-state index is 0.132. The number of aromatic nitrogens is 5. The Morgan fingerprint density at radius 1 is 1.11 bits per heavy atom. The van der Waals surface area contributed by atoms with Gasteiger partial charge in [-0.1, -0.05) is 0 Å². The third-order valence-corrected chi connectivity index (χ3v) is 6.63. The number of hydrogen-bond acceptors (Lipinski definition) is 7. The fraction of sp³-hybridized carbons (Fsp3) is 0.421. The van der Waals surface area contributed by atoms with Crippen LogP contribution in [0.3, 0.4) is 0 Å². The number of nitrogens with zero attached hydrogens (tertiary/aromatic N) is 7. The van der Waals surface area contributed by atoms with Gasteiger partial charge in [0.1, 0.15) is 17.0 Å². The van der Waals surface area contributed by atoms with Gasteiger partial charge >= 0.3 is 0 Å². The standard InChI is InChI=1S/C19H21N7OS/c1-12-18(28-13(2)23-12)19(27)25-9-14-7-24(8-15(14)10-25)16-6-17(21-11-20-16)26-5-3-4-22-26/h3-6,11,14-15H,7-10H2,1-2H3. The number of anilines is 1. The van der Waals surface area contributed by atoms with E-state index >= 15 is 0 Å². The van der Waals surface area contributed by atoms with Crippen LogP contribution in [-0.4, -0.2) is 61.7 Å². The Hall–Kier alpha value is -2.81. The SMILES string of the molecule is Cc1nc(C)c(C(=O)N2CC3CN(c4cc(-n5cccn5)ncn4)CC3C2)s1. The Labute approximate surface area is 166 Å². The number of carbonyl (C=O) groups is 1. The minimum absolute atomic E-state index is 0.132. The van der Waals surface area contributed by atoms with E-state index in [1.165, 1.54) is 11.3 Å². The van der Waals surface area contributed by atoms with E-state index in [4.69, 9.17) is 0 Å². The second-order valence-electron chi connectivity index (χ2n) is 7.47. The molecule has 5 rings (SSSR count). The number of fused-ring (bicyclic) bond motifs is 1. The van der Waals surface area contributed by atoms with Crippen LogP contribution in [-0.2, 0) is 0 Å². The van der Waals surface area contributed by atoms with Crippen molar-refractivity contribution in [3.8, 4) is 5.82 Å². The Bertz CT molecular complexity index is 1000. The van der Waals surface area contributed by atoms with Gasteiger partial charge in [-0.25, -0.2) is 19.6 Å². The summed E-state index contributed by atoms with van der Waals surface area (Å²) in [6, 6.07) is 3.85. The van der Waals surface area contributed by atoms with Gasteiger partial charge in [0.25, 0.3) is 5.91 Å². The Morgan fingerprint density at radius 3 is 2.50 bits per heavy atom. The van der Waals surface area contributed by atoms with Crippen molar-refractivity contribution in [2.75, 3.05) is 31.1 Å². The van der Waals surface area contributed by atoms with Crippen LogP contribution in [0, 0.1) is 25.7 Å². The average Bonchev–Trinajstić information content (AvgIpc) is 3.45. The van der Waals surface area contributed by atoms with Gasteiger partial charge in [0.15, 0.2) is 5.82 Å². The minimum Gasteiger partial charge on any atom is -0.356 e. The predicted molar refractivity (Wildman–Crippen MR) is 106 cm³/mol. The van der Waals surface area contributed by atoms with E-state index in [1.54, 1.807) is 17.2 Å². The molecule has 3 aromatic rings. The van der Waals surface area contributed by atoms with Crippen LogP contribution < -0.4 is 4.90 Å². The van der Waals surface area contributed by atoms with E-state index in [0.29, 0.717) is 11.8 Å². The fourth-order valence-electron chi connectivity index (χ4n) is 4.26. The second-order valence-corrected chi connectivity index (χ2v) is 8.67. The lowest BCUT2D eigenvalue weighted by molar-refractivity contribution is 0.0786. The van der Waals surface area contributed by atoms with Crippen LogP contribution in [0.5, 0.6) is 0 Å². The largest absolute Gasteiger partial charge is 0.356 e. The molecular formula is C19H21N7OS. The van der Waals surface area contributed by atoms with Crippen LogP contribution in [0.1, 0.15) is 20.4 Å². The average molecular weight is 395 g/mol. The van der Waals surface area contributed by atoms with Gasteiger partial charge in [-0.2, -0.15) is 5.10 Å². The normalized spacial score (nSPS) is 21.4. The van der Waals surface area contributed by atoms with Crippen LogP contribution >= 0.6 is 11.3 Å². The van der Waals surface area contributed by atoms with Gasteiger partial charge in [0, 0.05) is 56.5 Å². The van der Waals surface area contributed by atoms with E-state index in [-0.39, 0.29) is 5.91 Å². The third-order valence-electron chi connectivity index (χ3n) is 5.57. The topological polar surface area (TPSA) is 80.0 Å². The van der Waals surface area contributed by atoms with E-state index < -0.39 is 0 Å². The molecule has 8 nitrogen and oxygen atoms in total. The maximum atomic E-state index is 12.9. The van der Waals surface area contributed by atoms with Crippen molar-refractivity contribution in [2.24, 2.45) is 11.8 Å². The molecule has 0 aliphatic carbocycles. The van der Waals surface area contributed by atoms with Gasteiger partial charge in [-0.15, -0.1) is 11.3 Å². The lowest BCUT2D eigenvalue weighted by atomic mass is 10.0. The molecule has 3 aromatic heterocycles. The van der Waals surface area contributed by atoms with Crippen LogP contribution in [0.15, 0.2) is 30.9 Å². The molecule has 0 saturated carbocycles. The second kappa shape index (κ2) is 6.66. The summed E-state index contributed by atoms with van der Waals surface area (Å²) < 4.78 is 1.74. The van der Waals surface area contributed by atoms with Gasteiger partial charge in [0.05, 0.1) is 10.7 Å². The summed E-state index contributed by atoms with van der Waals surface area (Å²) in [7, 11) is 0. The summed E-state index contributed by atoms with van der Waals surface area (Å²) in [4.78, 5) is 31.1. The number of likely N-dealkylation sites (tertiary alicyclic amines) is 1. The van der Waals surface area contributed by atoms with Crippen molar-refractivity contribution in [1.29, 1.82) is 0 Å². The number of amides is 1. The Kier molecular flexibility index (Phi) is 4.12. The highest BCUT2D eigenvalue weighted by Gasteiger charge is 2.42. The molecule has 0 spiro atoms. The van der Waals surface area contributed by atoms with E-state index in [1.807, 2.05) is 37.1 Å². The summed E-state index contributed by atoms with van der Waals surface area (Å²) in [5.41, 5.74) is 0.846. The smallest absolute Gasteiger partial charge is 0.265 e. The summed E-state index contributed by atoms with van der Waals surface area (Å²) in [5, 5.41) is 5.19. The summed E-state index contributed by atoms with van der Waals surface area (Å²) in [5.74, 6) is 2.76. The van der Waals surface area contributed by atoms with Gasteiger partial charge < -0.3 is 9.80 Å². The number of thiazole rings is 1. The van der Waals surface area contributed by atoms with Gasteiger partial charge in [-0.3, -0.25) is 4.79 Å². The molecule has 2 atom stereocenters. The van der Waals surface area contributed by atoms with Crippen molar-refractivity contribution in [1.82, 2.24) is 29.6 Å². The molecule has 0 radical (unpaired) electrons. The van der Waals surface area contributed by atoms with Crippen LogP contribution in [0.4, 0.5) is 5.82 Å². The molecule has 2 saturated heterocycles. The number of aryl methyl sites for hydroxylation is 2. The zero-order chi connectivity index (χ0) is 19.3. The van der Waals surface area contributed by atoms with Crippen molar-refractivity contribution in [3.63, 3.8) is 0 Å². The van der Waals surface area contributed by atoms with Gasteiger partial charge in [0.2, 0.25) is 0 Å². The third kappa shape index (κ3) is 2.95. The highest BCUT2D eigenvalue weighted by atomic mass is 32.1. The van der Waals surface area contributed by atoms with E-state index in [2.05, 4.69) is 25.0 Å². The van der Waals surface area contributed by atoms with Crippen LogP contribution in [0.25, 0.3) is 5.82 Å². The zero-order valence-electron chi connectivity index (χ0n) is 15.8. The van der Waals surface area contributed by atoms with Crippen LogP contribution in [0.2, 0.25) is 0 Å². The Balaban J connectivity index is 1.28. The lowest BCUT2D eigenvalue weighted by Crippen LogP contribution is -2.33. The first-order chi connectivity index (χ1) is 13.6. The Morgan fingerprint density at radius 2 is 1.86 bits per heavy atom. The first-order valence-corrected chi connectivity index (χ1v) is 10.2. The van der Waals surface area contributed by atoms with Crippen molar-refractivity contribution in [3.05, 3.63) is 46.4 Å². The molecule has 0 N–H and O–H groups in total. The summed E-state index contributed by atoms with van der Waals surface area (Å²) in [6.45, 7) is 7.28. The molecule has 144 valence electrons. The first-order valence-electron chi connectivity index (χ1n) is 9.39. The molecule has 9 heteroatoms. The number of hydrogen-bond donors (Lipinski definition) is 0. The number of carbonyl (C=O) groups excluding carboxylic acids is 1. The number of rotatable bonds is 3. The molecule has 1 amide bonds. The molecule has 0 aromatic carbocycles. The highest BCUT2D eigenvalue weighted by molar-refractivity contribution is 7.13. The monoisotopic (exact) mass is 395 g/mol. The summed E-state index contributed by atoms with van der Waals surface area (Å²) >= 11 is 1.50. The molecule has 0 bridgehead atoms. The predicted octanol–water partition coefficient (Wildman–Crippen LogP) is 1.94. The van der Waals surface area contributed by atoms with E-state index in [9.17, 15) is 4.79 Å². The lowest BCUT2D eigenvalue weighted by Gasteiger charge is -2.22. The molecule has 2 aliphatic heterocycles. The summed E-state index contributed by atoms with van der Waals surface area (Å²) in [6.07, 6.45) is 5.20. The molecule has 2 unspecified atom stereocenters. The van der Waals surface area contributed by atoms with Crippen molar-refractivity contribution < 1.29 is 4.79 Å². The van der Waals surface area contributed by atoms with Gasteiger partial charge in [-0.05, 0) is 19.9 Å². The maximum Gasteiger partial charge on any atom is 0.265 e.